The lowest BCUT2D eigenvalue weighted by Gasteiger charge is -2.18. The molecule has 0 spiro atoms. The first-order chi connectivity index (χ1) is 6.74. The van der Waals surface area contributed by atoms with E-state index in [4.69, 9.17) is 5.73 Å². The van der Waals surface area contributed by atoms with Gasteiger partial charge < -0.3 is 10.6 Å². The molecule has 0 aliphatic heterocycles. The fourth-order valence-electron chi connectivity index (χ4n) is 1.93. The van der Waals surface area contributed by atoms with E-state index in [0.29, 0.717) is 0 Å². The van der Waals surface area contributed by atoms with Gasteiger partial charge in [-0.05, 0) is 58.3 Å². The second kappa shape index (κ2) is 9.47. The van der Waals surface area contributed by atoms with E-state index >= 15 is 0 Å². The zero-order chi connectivity index (χ0) is 10.8. The molecule has 1 atom stereocenters. The van der Waals surface area contributed by atoms with Crippen molar-refractivity contribution in [2.24, 2.45) is 11.7 Å². The van der Waals surface area contributed by atoms with Gasteiger partial charge in [-0.3, -0.25) is 0 Å². The highest BCUT2D eigenvalue weighted by molar-refractivity contribution is 4.60. The van der Waals surface area contributed by atoms with Crippen LogP contribution in [0.3, 0.4) is 0 Å². The van der Waals surface area contributed by atoms with Gasteiger partial charge in [-0.1, -0.05) is 20.3 Å². The molecule has 0 rings (SSSR count). The molecule has 1 unspecified atom stereocenters. The SMILES string of the molecule is CCCN(C)CCCC(CC)CCN. The number of hydrogen-bond acceptors (Lipinski definition) is 2. The predicted octanol–water partition coefficient (Wildman–Crippen LogP) is 2.48. The van der Waals surface area contributed by atoms with Gasteiger partial charge >= 0.3 is 0 Å². The summed E-state index contributed by atoms with van der Waals surface area (Å²) in [7, 11) is 2.22. The Morgan fingerprint density at radius 3 is 2.36 bits per heavy atom. The Bertz CT molecular complexity index is 115. The smallest absolute Gasteiger partial charge is 0.00217 e. The Morgan fingerprint density at radius 1 is 1.14 bits per heavy atom. The van der Waals surface area contributed by atoms with Crippen molar-refractivity contribution in [1.82, 2.24) is 4.90 Å². The lowest BCUT2D eigenvalue weighted by molar-refractivity contribution is 0.307. The molecule has 0 aromatic heterocycles. The molecule has 0 aliphatic carbocycles. The summed E-state index contributed by atoms with van der Waals surface area (Å²) in [5.41, 5.74) is 5.57. The third kappa shape index (κ3) is 7.34. The molecule has 0 heterocycles. The molecule has 0 fully saturated rings. The Morgan fingerprint density at radius 2 is 1.86 bits per heavy atom. The molecule has 0 aromatic carbocycles. The first-order valence-corrected chi connectivity index (χ1v) is 6.13. The molecular formula is C12H28N2. The number of nitrogens with zero attached hydrogens (tertiary/aromatic N) is 1. The highest BCUT2D eigenvalue weighted by atomic mass is 15.1. The fourth-order valence-corrected chi connectivity index (χ4v) is 1.93. The van der Waals surface area contributed by atoms with Crippen LogP contribution in [0.5, 0.6) is 0 Å². The number of rotatable bonds is 9. The van der Waals surface area contributed by atoms with Crippen LogP contribution >= 0.6 is 0 Å². The molecule has 0 radical (unpaired) electrons. The Kier molecular flexibility index (Phi) is 9.42. The molecular weight excluding hydrogens is 172 g/mol. The van der Waals surface area contributed by atoms with Crippen LogP contribution in [0.25, 0.3) is 0 Å². The molecule has 0 aromatic rings. The Hall–Kier alpha value is -0.0800. The zero-order valence-electron chi connectivity index (χ0n) is 10.3. The highest BCUT2D eigenvalue weighted by Crippen LogP contribution is 2.14. The largest absolute Gasteiger partial charge is 0.330 e. The third-order valence-corrected chi connectivity index (χ3v) is 2.91. The molecule has 86 valence electrons. The maximum absolute atomic E-state index is 5.57. The summed E-state index contributed by atoms with van der Waals surface area (Å²) in [5.74, 6) is 0.857. The molecule has 2 heteroatoms. The highest BCUT2D eigenvalue weighted by Gasteiger charge is 2.05. The van der Waals surface area contributed by atoms with E-state index in [2.05, 4.69) is 25.8 Å². The minimum Gasteiger partial charge on any atom is -0.330 e. The molecule has 0 saturated heterocycles. The summed E-state index contributed by atoms with van der Waals surface area (Å²) >= 11 is 0. The van der Waals surface area contributed by atoms with Gasteiger partial charge in [0, 0.05) is 0 Å². The molecule has 0 amide bonds. The van der Waals surface area contributed by atoms with Crippen molar-refractivity contribution in [3.63, 3.8) is 0 Å². The molecule has 2 N–H and O–H groups in total. The normalized spacial score (nSPS) is 13.5. The standard InChI is InChI=1S/C12H28N2/c1-4-10-14(3)11-6-7-12(5-2)8-9-13/h12H,4-11,13H2,1-3H3. The maximum atomic E-state index is 5.57. The van der Waals surface area contributed by atoms with E-state index in [1.807, 2.05) is 0 Å². The minimum absolute atomic E-state index is 0.851. The molecule has 14 heavy (non-hydrogen) atoms. The van der Waals surface area contributed by atoms with Crippen LogP contribution in [-0.2, 0) is 0 Å². The van der Waals surface area contributed by atoms with Crippen LogP contribution in [-0.4, -0.2) is 31.6 Å². The van der Waals surface area contributed by atoms with Gasteiger partial charge in [-0.15, -0.1) is 0 Å². The van der Waals surface area contributed by atoms with Gasteiger partial charge in [0.25, 0.3) is 0 Å². The van der Waals surface area contributed by atoms with Gasteiger partial charge in [-0.2, -0.15) is 0 Å². The van der Waals surface area contributed by atoms with E-state index in [9.17, 15) is 0 Å². The van der Waals surface area contributed by atoms with Crippen LogP contribution in [0.15, 0.2) is 0 Å². The maximum Gasteiger partial charge on any atom is -0.00217 e. The zero-order valence-corrected chi connectivity index (χ0v) is 10.3. The predicted molar refractivity (Wildman–Crippen MR) is 64.5 cm³/mol. The topological polar surface area (TPSA) is 29.3 Å². The van der Waals surface area contributed by atoms with Crippen molar-refractivity contribution in [3.05, 3.63) is 0 Å². The van der Waals surface area contributed by atoms with Crippen LogP contribution in [0.2, 0.25) is 0 Å². The number of hydrogen-bond donors (Lipinski definition) is 1. The van der Waals surface area contributed by atoms with E-state index in [1.165, 1.54) is 45.2 Å². The van der Waals surface area contributed by atoms with Crippen LogP contribution in [0.4, 0.5) is 0 Å². The van der Waals surface area contributed by atoms with Crippen molar-refractivity contribution in [3.8, 4) is 0 Å². The van der Waals surface area contributed by atoms with Crippen LogP contribution in [0, 0.1) is 5.92 Å². The quantitative estimate of drug-likeness (QED) is 0.619. The van der Waals surface area contributed by atoms with Crippen LogP contribution in [0.1, 0.15) is 46.0 Å². The summed E-state index contributed by atoms with van der Waals surface area (Å²) in [5, 5.41) is 0. The second-order valence-corrected chi connectivity index (χ2v) is 4.30. The fraction of sp³-hybridized carbons (Fsp3) is 1.00. The van der Waals surface area contributed by atoms with E-state index in [-0.39, 0.29) is 0 Å². The van der Waals surface area contributed by atoms with Crippen LogP contribution < -0.4 is 5.73 Å². The molecule has 0 saturated carbocycles. The molecule has 2 nitrogen and oxygen atoms in total. The van der Waals surface area contributed by atoms with Crippen molar-refractivity contribution in [1.29, 1.82) is 0 Å². The minimum atomic E-state index is 0.851. The van der Waals surface area contributed by atoms with E-state index < -0.39 is 0 Å². The summed E-state index contributed by atoms with van der Waals surface area (Å²) in [6.07, 6.45) is 6.43. The molecule has 0 bridgehead atoms. The molecule has 0 aliphatic rings. The average molecular weight is 200 g/mol. The van der Waals surface area contributed by atoms with E-state index in [0.717, 1.165) is 12.5 Å². The van der Waals surface area contributed by atoms with Crippen molar-refractivity contribution < 1.29 is 0 Å². The van der Waals surface area contributed by atoms with Crippen molar-refractivity contribution in [2.45, 2.75) is 46.0 Å². The number of nitrogens with two attached hydrogens (primary N) is 1. The lowest BCUT2D eigenvalue weighted by atomic mass is 9.97. The van der Waals surface area contributed by atoms with Gasteiger partial charge in [0.05, 0.1) is 0 Å². The monoisotopic (exact) mass is 200 g/mol. The van der Waals surface area contributed by atoms with E-state index in [1.54, 1.807) is 0 Å². The summed E-state index contributed by atoms with van der Waals surface area (Å²) < 4.78 is 0. The van der Waals surface area contributed by atoms with Gasteiger partial charge in [0.1, 0.15) is 0 Å². The van der Waals surface area contributed by atoms with Crippen molar-refractivity contribution in [2.75, 3.05) is 26.7 Å². The average Bonchev–Trinajstić information content (AvgIpc) is 2.17. The van der Waals surface area contributed by atoms with Gasteiger partial charge in [0.15, 0.2) is 0 Å². The van der Waals surface area contributed by atoms with Gasteiger partial charge in [0.2, 0.25) is 0 Å². The first kappa shape index (κ1) is 13.9. The third-order valence-electron chi connectivity index (χ3n) is 2.91. The summed E-state index contributed by atoms with van der Waals surface area (Å²) in [6, 6.07) is 0. The second-order valence-electron chi connectivity index (χ2n) is 4.30. The van der Waals surface area contributed by atoms with Gasteiger partial charge in [-0.25, -0.2) is 0 Å². The summed E-state index contributed by atoms with van der Waals surface area (Å²) in [6.45, 7) is 7.84. The Labute approximate surface area is 89.9 Å². The first-order valence-electron chi connectivity index (χ1n) is 6.13. The lowest BCUT2D eigenvalue weighted by Crippen LogP contribution is -2.21. The summed E-state index contributed by atoms with van der Waals surface area (Å²) in [4.78, 5) is 2.43. The van der Waals surface area contributed by atoms with Crippen molar-refractivity contribution >= 4 is 0 Å². The Balaban J connectivity index is 3.40.